The van der Waals surface area contributed by atoms with E-state index in [-0.39, 0.29) is 18.4 Å². The Kier molecular flexibility index (Phi) is 4.22. The highest BCUT2D eigenvalue weighted by molar-refractivity contribution is 5.92. The third-order valence-corrected chi connectivity index (χ3v) is 2.88. The van der Waals surface area contributed by atoms with Crippen molar-refractivity contribution in [3.8, 4) is 0 Å². The number of hydrogen-bond acceptors (Lipinski definition) is 5. The Labute approximate surface area is 106 Å². The smallest absolute Gasteiger partial charge is 0.274 e. The number of aliphatic hydroxyl groups excluding tert-OH is 1. The normalized spacial score (nSPS) is 20.6. The Hall–Kier alpha value is -1.53. The van der Waals surface area contributed by atoms with Gasteiger partial charge in [0, 0.05) is 31.8 Å². The van der Waals surface area contributed by atoms with Crippen LogP contribution in [-0.2, 0) is 4.74 Å². The number of rotatable bonds is 2. The van der Waals surface area contributed by atoms with Crippen LogP contribution in [0.5, 0.6) is 0 Å². The average molecular weight is 251 g/mol. The molecule has 0 unspecified atom stereocenters. The molecule has 2 heterocycles. The zero-order valence-corrected chi connectivity index (χ0v) is 10.4. The lowest BCUT2D eigenvalue weighted by molar-refractivity contribution is 0.0722. The van der Waals surface area contributed by atoms with E-state index in [1.807, 2.05) is 6.92 Å². The number of aliphatic hydroxyl groups is 1. The maximum Gasteiger partial charge on any atom is 0.274 e. The molecule has 0 aromatic carbocycles. The molecule has 0 bridgehead atoms. The van der Waals surface area contributed by atoms with Gasteiger partial charge in [0.1, 0.15) is 5.69 Å². The van der Waals surface area contributed by atoms with E-state index in [9.17, 15) is 9.90 Å². The number of ether oxygens (including phenoxy) is 1. The van der Waals surface area contributed by atoms with Crippen molar-refractivity contribution in [3.05, 3.63) is 23.8 Å². The number of carbonyl (C=O) groups is 1. The van der Waals surface area contributed by atoms with Gasteiger partial charge in [0.05, 0.1) is 25.1 Å². The molecule has 0 saturated carbocycles. The molecule has 0 spiro atoms. The lowest BCUT2D eigenvalue weighted by atomic mass is 10.1. The Morgan fingerprint density at radius 1 is 1.56 bits per heavy atom. The van der Waals surface area contributed by atoms with E-state index in [2.05, 4.69) is 9.97 Å². The van der Waals surface area contributed by atoms with Gasteiger partial charge in [0.2, 0.25) is 0 Å². The molecule has 18 heavy (non-hydrogen) atoms. The van der Waals surface area contributed by atoms with Gasteiger partial charge in [-0.1, -0.05) is 0 Å². The highest BCUT2D eigenvalue weighted by Gasteiger charge is 2.23. The van der Waals surface area contributed by atoms with E-state index in [1.165, 1.54) is 6.20 Å². The fraction of sp³-hybridized carbons (Fsp3) is 0.583. The van der Waals surface area contributed by atoms with Crippen LogP contribution in [0.3, 0.4) is 0 Å². The fourth-order valence-electron chi connectivity index (χ4n) is 1.84. The van der Waals surface area contributed by atoms with Crippen LogP contribution in [0.15, 0.2) is 12.4 Å². The SMILES string of the molecule is Cc1cnc(C(=O)N2CCOC[C@H](CO)C2)cn1. The van der Waals surface area contributed by atoms with Gasteiger partial charge in [-0.15, -0.1) is 0 Å². The quantitative estimate of drug-likeness (QED) is 0.792. The maximum absolute atomic E-state index is 12.2. The summed E-state index contributed by atoms with van der Waals surface area (Å²) >= 11 is 0. The molecule has 1 amide bonds. The number of aryl methyl sites for hydroxylation is 1. The Balaban J connectivity index is 2.09. The van der Waals surface area contributed by atoms with E-state index in [0.717, 1.165) is 5.69 Å². The van der Waals surface area contributed by atoms with Crippen molar-refractivity contribution < 1.29 is 14.6 Å². The van der Waals surface area contributed by atoms with E-state index < -0.39 is 0 Å². The molecule has 1 aromatic rings. The molecule has 0 aliphatic carbocycles. The molecule has 1 atom stereocenters. The van der Waals surface area contributed by atoms with Crippen LogP contribution in [0.25, 0.3) is 0 Å². The molecule has 1 N–H and O–H groups in total. The summed E-state index contributed by atoms with van der Waals surface area (Å²) < 4.78 is 5.34. The van der Waals surface area contributed by atoms with Gasteiger partial charge < -0.3 is 14.7 Å². The fourth-order valence-corrected chi connectivity index (χ4v) is 1.84. The molecule has 1 aliphatic heterocycles. The minimum Gasteiger partial charge on any atom is -0.396 e. The topological polar surface area (TPSA) is 75.6 Å². The summed E-state index contributed by atoms with van der Waals surface area (Å²) in [5.41, 5.74) is 1.11. The zero-order valence-electron chi connectivity index (χ0n) is 10.4. The lowest BCUT2D eigenvalue weighted by Crippen LogP contribution is -2.37. The molecule has 1 aromatic heterocycles. The monoisotopic (exact) mass is 251 g/mol. The summed E-state index contributed by atoms with van der Waals surface area (Å²) in [5, 5.41) is 9.18. The molecule has 2 rings (SSSR count). The number of amides is 1. The van der Waals surface area contributed by atoms with Crippen molar-refractivity contribution in [3.63, 3.8) is 0 Å². The van der Waals surface area contributed by atoms with E-state index >= 15 is 0 Å². The first kappa shape index (κ1) is 12.9. The Morgan fingerprint density at radius 2 is 2.39 bits per heavy atom. The van der Waals surface area contributed by atoms with Gasteiger partial charge in [0.25, 0.3) is 5.91 Å². The largest absolute Gasteiger partial charge is 0.396 e. The number of nitrogens with zero attached hydrogens (tertiary/aromatic N) is 3. The van der Waals surface area contributed by atoms with Gasteiger partial charge >= 0.3 is 0 Å². The van der Waals surface area contributed by atoms with E-state index in [1.54, 1.807) is 11.1 Å². The van der Waals surface area contributed by atoms with Gasteiger partial charge in [-0.3, -0.25) is 9.78 Å². The number of aromatic nitrogens is 2. The van der Waals surface area contributed by atoms with Crippen molar-refractivity contribution in [2.45, 2.75) is 6.92 Å². The first-order valence-corrected chi connectivity index (χ1v) is 5.97. The third-order valence-electron chi connectivity index (χ3n) is 2.88. The molecule has 0 radical (unpaired) electrons. The van der Waals surface area contributed by atoms with Crippen molar-refractivity contribution >= 4 is 5.91 Å². The van der Waals surface area contributed by atoms with Crippen LogP contribution in [-0.4, -0.2) is 58.8 Å². The Morgan fingerprint density at radius 3 is 3.06 bits per heavy atom. The lowest BCUT2D eigenvalue weighted by Gasteiger charge is -2.22. The molecular formula is C12H17N3O3. The van der Waals surface area contributed by atoms with Crippen molar-refractivity contribution in [1.82, 2.24) is 14.9 Å². The molecule has 1 aliphatic rings. The standard InChI is InChI=1S/C12H17N3O3/c1-9-4-14-11(5-13-9)12(17)15-2-3-18-8-10(6-15)7-16/h4-5,10,16H,2-3,6-8H2,1H3/t10-/m0/s1. The number of hydrogen-bond donors (Lipinski definition) is 1. The first-order chi connectivity index (χ1) is 8.70. The average Bonchev–Trinajstić information content (AvgIpc) is 2.64. The van der Waals surface area contributed by atoms with Gasteiger partial charge in [-0.25, -0.2) is 4.98 Å². The van der Waals surface area contributed by atoms with Crippen molar-refractivity contribution in [2.24, 2.45) is 5.92 Å². The molecule has 1 saturated heterocycles. The van der Waals surface area contributed by atoms with Crippen LogP contribution >= 0.6 is 0 Å². The summed E-state index contributed by atoms with van der Waals surface area (Å²) in [4.78, 5) is 22.0. The van der Waals surface area contributed by atoms with Crippen LogP contribution < -0.4 is 0 Å². The van der Waals surface area contributed by atoms with Crippen molar-refractivity contribution in [1.29, 1.82) is 0 Å². The minimum atomic E-state index is -0.161. The molecule has 1 fully saturated rings. The predicted molar refractivity (Wildman–Crippen MR) is 64.1 cm³/mol. The second-order valence-electron chi connectivity index (χ2n) is 4.42. The maximum atomic E-state index is 12.2. The van der Waals surface area contributed by atoms with Crippen LogP contribution in [0, 0.1) is 12.8 Å². The molecular weight excluding hydrogens is 234 g/mol. The summed E-state index contributed by atoms with van der Waals surface area (Å²) in [6.07, 6.45) is 3.06. The second-order valence-corrected chi connectivity index (χ2v) is 4.42. The van der Waals surface area contributed by atoms with Gasteiger partial charge in [-0.2, -0.15) is 0 Å². The van der Waals surface area contributed by atoms with Gasteiger partial charge in [0.15, 0.2) is 0 Å². The zero-order chi connectivity index (χ0) is 13.0. The predicted octanol–water partition coefficient (Wildman–Crippen LogP) is -0.134. The Bertz CT molecular complexity index is 408. The highest BCUT2D eigenvalue weighted by Crippen LogP contribution is 2.09. The van der Waals surface area contributed by atoms with Gasteiger partial charge in [-0.05, 0) is 6.92 Å². The van der Waals surface area contributed by atoms with Crippen LogP contribution in [0.2, 0.25) is 0 Å². The molecule has 6 nitrogen and oxygen atoms in total. The number of carbonyl (C=O) groups excluding carboxylic acids is 1. The summed E-state index contributed by atoms with van der Waals surface area (Å²) in [5.74, 6) is -0.193. The van der Waals surface area contributed by atoms with Crippen LogP contribution in [0.4, 0.5) is 0 Å². The van der Waals surface area contributed by atoms with Crippen LogP contribution in [0.1, 0.15) is 16.2 Å². The van der Waals surface area contributed by atoms with Crippen molar-refractivity contribution in [2.75, 3.05) is 32.9 Å². The van der Waals surface area contributed by atoms with E-state index in [0.29, 0.717) is 32.0 Å². The second kappa shape index (κ2) is 5.88. The highest BCUT2D eigenvalue weighted by atomic mass is 16.5. The summed E-state index contributed by atoms with van der Waals surface area (Å²) in [7, 11) is 0. The first-order valence-electron chi connectivity index (χ1n) is 5.97. The third kappa shape index (κ3) is 3.02. The van der Waals surface area contributed by atoms with E-state index in [4.69, 9.17) is 4.74 Å². The summed E-state index contributed by atoms with van der Waals surface area (Å²) in [6, 6.07) is 0. The summed E-state index contributed by atoms with van der Waals surface area (Å²) in [6.45, 7) is 3.82. The molecule has 98 valence electrons. The minimum absolute atomic E-state index is 0.0172. The molecule has 6 heteroatoms.